The molecule has 0 fully saturated rings. The maximum absolute atomic E-state index is 5.37. The van der Waals surface area contributed by atoms with Crippen molar-refractivity contribution in [2.75, 3.05) is 14.2 Å². The highest BCUT2D eigenvalue weighted by Crippen LogP contribution is 2.28. The first kappa shape index (κ1) is 12.6. The first-order chi connectivity index (χ1) is 8.76. The zero-order chi connectivity index (χ0) is 13.0. The number of methoxy groups -OCH3 is 1. The van der Waals surface area contributed by atoms with E-state index in [4.69, 9.17) is 4.74 Å². The molecule has 2 rings (SSSR count). The summed E-state index contributed by atoms with van der Waals surface area (Å²) in [6.07, 6.45) is 3.53. The number of hydrogen-bond donors (Lipinski definition) is 1. The zero-order valence-electron chi connectivity index (χ0n) is 11.0. The van der Waals surface area contributed by atoms with Gasteiger partial charge in [-0.05, 0) is 25.6 Å². The van der Waals surface area contributed by atoms with Crippen LogP contribution in [0.4, 0.5) is 0 Å². The fraction of sp³-hybridized carbons (Fsp3) is 0.267. The van der Waals surface area contributed by atoms with E-state index in [1.54, 1.807) is 19.5 Å². The average molecular weight is 242 g/mol. The van der Waals surface area contributed by atoms with Crippen molar-refractivity contribution in [3.05, 3.63) is 59.4 Å². The van der Waals surface area contributed by atoms with Gasteiger partial charge in [0.15, 0.2) is 0 Å². The molecule has 0 saturated heterocycles. The Hall–Kier alpha value is -1.87. The van der Waals surface area contributed by atoms with E-state index in [1.807, 2.05) is 13.1 Å². The van der Waals surface area contributed by atoms with Crippen LogP contribution in [0.25, 0.3) is 0 Å². The summed E-state index contributed by atoms with van der Waals surface area (Å²) in [5.41, 5.74) is 3.57. The number of rotatable bonds is 4. The van der Waals surface area contributed by atoms with Crippen LogP contribution >= 0.6 is 0 Å². The van der Waals surface area contributed by atoms with Gasteiger partial charge in [0.1, 0.15) is 5.75 Å². The summed E-state index contributed by atoms with van der Waals surface area (Å²) in [6, 6.07) is 10.6. The van der Waals surface area contributed by atoms with Gasteiger partial charge in [-0.15, -0.1) is 0 Å². The first-order valence-electron chi connectivity index (χ1n) is 5.98. The lowest BCUT2D eigenvalue weighted by atomic mass is 9.98. The SMILES string of the molecule is CNC(c1ccc(C)cc1)c1ccncc1OC. The van der Waals surface area contributed by atoms with Crippen LogP contribution < -0.4 is 10.1 Å². The lowest BCUT2D eigenvalue weighted by Gasteiger charge is -2.19. The van der Waals surface area contributed by atoms with Gasteiger partial charge in [0.2, 0.25) is 0 Å². The number of nitrogens with zero attached hydrogens (tertiary/aromatic N) is 1. The molecule has 0 aliphatic heterocycles. The number of aryl methyl sites for hydroxylation is 1. The van der Waals surface area contributed by atoms with Crippen molar-refractivity contribution in [1.82, 2.24) is 10.3 Å². The molecule has 0 bridgehead atoms. The van der Waals surface area contributed by atoms with E-state index in [2.05, 4.69) is 41.5 Å². The standard InChI is InChI=1S/C15H18N2O/c1-11-4-6-12(7-5-11)15(16-2)13-8-9-17-10-14(13)18-3/h4-10,15-16H,1-3H3. The molecule has 0 amide bonds. The third-order valence-electron chi connectivity index (χ3n) is 3.05. The maximum Gasteiger partial charge on any atom is 0.142 e. The number of hydrogen-bond acceptors (Lipinski definition) is 3. The molecule has 2 aromatic rings. The molecule has 3 nitrogen and oxygen atoms in total. The molecule has 18 heavy (non-hydrogen) atoms. The minimum Gasteiger partial charge on any atom is -0.495 e. The molecule has 1 aromatic heterocycles. The Morgan fingerprint density at radius 3 is 2.50 bits per heavy atom. The second-order valence-corrected chi connectivity index (χ2v) is 4.25. The third kappa shape index (κ3) is 2.51. The fourth-order valence-electron chi connectivity index (χ4n) is 2.06. The van der Waals surface area contributed by atoms with Crippen molar-refractivity contribution in [2.45, 2.75) is 13.0 Å². The smallest absolute Gasteiger partial charge is 0.142 e. The average Bonchev–Trinajstić information content (AvgIpc) is 2.42. The lowest BCUT2D eigenvalue weighted by molar-refractivity contribution is 0.403. The van der Waals surface area contributed by atoms with E-state index in [0.29, 0.717) is 0 Å². The summed E-state index contributed by atoms with van der Waals surface area (Å²) in [6.45, 7) is 2.09. The first-order valence-corrected chi connectivity index (χ1v) is 5.98. The zero-order valence-corrected chi connectivity index (χ0v) is 11.0. The summed E-state index contributed by atoms with van der Waals surface area (Å²) in [5.74, 6) is 0.803. The van der Waals surface area contributed by atoms with Gasteiger partial charge in [-0.3, -0.25) is 4.98 Å². The molecule has 3 heteroatoms. The van der Waals surface area contributed by atoms with Gasteiger partial charge in [-0.25, -0.2) is 0 Å². The molecule has 0 aliphatic rings. The van der Waals surface area contributed by atoms with Crippen molar-refractivity contribution in [3.63, 3.8) is 0 Å². The molecule has 0 saturated carbocycles. The second-order valence-electron chi connectivity index (χ2n) is 4.25. The minimum atomic E-state index is 0.114. The normalized spacial score (nSPS) is 12.2. The Labute approximate surface area is 108 Å². The summed E-state index contributed by atoms with van der Waals surface area (Å²) in [4.78, 5) is 4.09. The second kappa shape index (κ2) is 5.65. The summed E-state index contributed by atoms with van der Waals surface area (Å²) in [7, 11) is 3.62. The number of benzene rings is 1. The van der Waals surface area contributed by atoms with Gasteiger partial charge < -0.3 is 10.1 Å². The van der Waals surface area contributed by atoms with E-state index in [1.165, 1.54) is 11.1 Å². The van der Waals surface area contributed by atoms with E-state index in [0.717, 1.165) is 11.3 Å². The lowest BCUT2D eigenvalue weighted by Crippen LogP contribution is -2.18. The van der Waals surface area contributed by atoms with Crippen LogP contribution in [0.3, 0.4) is 0 Å². The largest absolute Gasteiger partial charge is 0.495 e. The van der Waals surface area contributed by atoms with Gasteiger partial charge in [-0.2, -0.15) is 0 Å². The Morgan fingerprint density at radius 1 is 1.17 bits per heavy atom. The van der Waals surface area contributed by atoms with Crippen molar-refractivity contribution in [2.24, 2.45) is 0 Å². The summed E-state index contributed by atoms with van der Waals surface area (Å²) in [5, 5.41) is 3.32. The van der Waals surface area contributed by atoms with E-state index in [-0.39, 0.29) is 6.04 Å². The topological polar surface area (TPSA) is 34.2 Å². The number of nitrogens with one attached hydrogen (secondary N) is 1. The molecule has 1 N–H and O–H groups in total. The molecule has 94 valence electrons. The van der Waals surface area contributed by atoms with Gasteiger partial charge in [-0.1, -0.05) is 29.8 Å². The highest BCUT2D eigenvalue weighted by atomic mass is 16.5. The number of ether oxygens (including phenoxy) is 1. The number of pyridine rings is 1. The van der Waals surface area contributed by atoms with Crippen molar-refractivity contribution < 1.29 is 4.74 Å². The summed E-state index contributed by atoms with van der Waals surface area (Å²) >= 11 is 0. The van der Waals surface area contributed by atoms with Gasteiger partial charge in [0, 0.05) is 11.8 Å². The van der Waals surface area contributed by atoms with E-state index < -0.39 is 0 Å². The van der Waals surface area contributed by atoms with Crippen molar-refractivity contribution in [1.29, 1.82) is 0 Å². The molecular weight excluding hydrogens is 224 g/mol. The summed E-state index contributed by atoms with van der Waals surface area (Å²) < 4.78 is 5.37. The monoisotopic (exact) mass is 242 g/mol. The Bertz CT molecular complexity index is 508. The molecule has 1 heterocycles. The van der Waals surface area contributed by atoms with Crippen LogP contribution in [0.2, 0.25) is 0 Å². The van der Waals surface area contributed by atoms with E-state index >= 15 is 0 Å². The molecule has 0 aliphatic carbocycles. The van der Waals surface area contributed by atoms with Crippen LogP contribution in [-0.4, -0.2) is 19.1 Å². The predicted molar refractivity (Wildman–Crippen MR) is 72.9 cm³/mol. The van der Waals surface area contributed by atoms with Gasteiger partial charge in [0.05, 0.1) is 19.3 Å². The van der Waals surface area contributed by atoms with Gasteiger partial charge >= 0.3 is 0 Å². The molecular formula is C15H18N2O. The van der Waals surface area contributed by atoms with E-state index in [9.17, 15) is 0 Å². The maximum atomic E-state index is 5.37. The molecule has 1 aromatic carbocycles. The van der Waals surface area contributed by atoms with Crippen LogP contribution in [-0.2, 0) is 0 Å². The quantitative estimate of drug-likeness (QED) is 0.895. The van der Waals surface area contributed by atoms with Crippen LogP contribution in [0.1, 0.15) is 22.7 Å². The van der Waals surface area contributed by atoms with Crippen LogP contribution in [0.5, 0.6) is 5.75 Å². The highest BCUT2D eigenvalue weighted by Gasteiger charge is 2.16. The Balaban J connectivity index is 2.41. The third-order valence-corrected chi connectivity index (χ3v) is 3.05. The Kier molecular flexibility index (Phi) is 3.95. The van der Waals surface area contributed by atoms with Crippen LogP contribution in [0, 0.1) is 6.92 Å². The highest BCUT2D eigenvalue weighted by molar-refractivity contribution is 5.40. The molecule has 0 radical (unpaired) electrons. The fourth-order valence-corrected chi connectivity index (χ4v) is 2.06. The number of aromatic nitrogens is 1. The van der Waals surface area contributed by atoms with Crippen molar-refractivity contribution >= 4 is 0 Å². The van der Waals surface area contributed by atoms with Crippen LogP contribution in [0.15, 0.2) is 42.7 Å². The molecule has 0 spiro atoms. The minimum absolute atomic E-state index is 0.114. The van der Waals surface area contributed by atoms with Gasteiger partial charge in [0.25, 0.3) is 0 Å². The molecule has 1 atom stereocenters. The predicted octanol–water partition coefficient (Wildman–Crippen LogP) is 2.71. The Morgan fingerprint density at radius 2 is 1.89 bits per heavy atom. The molecule has 1 unspecified atom stereocenters. The van der Waals surface area contributed by atoms with Crippen molar-refractivity contribution in [3.8, 4) is 5.75 Å².